The van der Waals surface area contributed by atoms with Crippen LogP contribution in [0.1, 0.15) is 38.2 Å². The van der Waals surface area contributed by atoms with E-state index in [0.29, 0.717) is 11.4 Å². The van der Waals surface area contributed by atoms with Crippen molar-refractivity contribution < 1.29 is 52.2 Å². The molecule has 0 spiro atoms. The molecule has 1 saturated heterocycles. The summed E-state index contributed by atoms with van der Waals surface area (Å²) in [5.74, 6) is -4.05. The second-order valence-corrected chi connectivity index (χ2v) is 8.94. The molecule has 40 heavy (non-hydrogen) atoms. The van der Waals surface area contributed by atoms with Crippen molar-refractivity contribution in [3.05, 3.63) is 42.2 Å². The lowest BCUT2D eigenvalue weighted by Crippen LogP contribution is -2.66. The molecule has 1 aliphatic heterocycles. The lowest BCUT2D eigenvalue weighted by atomic mass is 9.97. The summed E-state index contributed by atoms with van der Waals surface area (Å²) in [4.78, 5) is 63.6. The molecule has 0 bridgehead atoms. The number of rotatable bonds is 8. The van der Waals surface area contributed by atoms with Gasteiger partial charge in [-0.05, 0) is 12.1 Å². The Hall–Kier alpha value is -4.72. The Balaban J connectivity index is 1.62. The van der Waals surface area contributed by atoms with Gasteiger partial charge in [0.05, 0.1) is 5.69 Å². The third kappa shape index (κ3) is 6.64. The van der Waals surface area contributed by atoms with E-state index in [9.17, 15) is 24.0 Å². The van der Waals surface area contributed by atoms with Gasteiger partial charge in [0.15, 0.2) is 24.5 Å². The molecule has 4 rings (SSSR count). The molecule has 0 radical (unpaired) electrons. The number of hydrogen-bond acceptors (Lipinski definition) is 12. The highest BCUT2D eigenvalue weighted by Crippen LogP contribution is 2.29. The van der Waals surface area contributed by atoms with Gasteiger partial charge in [-0.25, -0.2) is 0 Å². The van der Waals surface area contributed by atoms with Crippen LogP contribution in [0.3, 0.4) is 0 Å². The largest absolute Gasteiger partial charge is 0.463 e. The zero-order valence-electron chi connectivity index (χ0n) is 22.0. The number of amides is 1. The summed E-state index contributed by atoms with van der Waals surface area (Å²) in [5.41, 5.74) is 1.82. The van der Waals surface area contributed by atoms with Crippen molar-refractivity contribution in [1.29, 1.82) is 0 Å². The van der Waals surface area contributed by atoms with Gasteiger partial charge in [-0.2, -0.15) is 0 Å². The Morgan fingerprint density at radius 3 is 2.17 bits per heavy atom. The maximum atomic E-state index is 13.2. The first-order chi connectivity index (χ1) is 19.0. The first kappa shape index (κ1) is 28.3. The standard InChI is InChI=1S/C26H27N3O11/c1-12(30)35-11-21-22(36-13(2)31)23(37-14(3)32)24(38-15(4)33)26(39-21)28-25(34)20-10-19(29-40-20)18-9-16-7-5-6-8-17(16)27-18/h5-10,21-24,26-27H,11H2,1-4H3,(H,28,34)/t21-,22-,23+,24-,26-/m1/s1. The maximum absolute atomic E-state index is 13.2. The molecule has 3 heterocycles. The molecule has 3 aromatic rings. The van der Waals surface area contributed by atoms with Gasteiger partial charge in [0.25, 0.3) is 5.91 Å². The minimum absolute atomic E-state index is 0.207. The predicted molar refractivity (Wildman–Crippen MR) is 133 cm³/mol. The zero-order valence-corrected chi connectivity index (χ0v) is 22.0. The molecule has 0 unspecified atom stereocenters. The van der Waals surface area contributed by atoms with Crippen molar-refractivity contribution in [2.24, 2.45) is 0 Å². The summed E-state index contributed by atoms with van der Waals surface area (Å²) < 4.78 is 32.2. The van der Waals surface area contributed by atoms with Crippen LogP contribution in [0.5, 0.6) is 0 Å². The van der Waals surface area contributed by atoms with Crippen LogP contribution in [0.25, 0.3) is 22.3 Å². The minimum atomic E-state index is -1.46. The average Bonchev–Trinajstić information content (AvgIpc) is 3.53. The summed E-state index contributed by atoms with van der Waals surface area (Å²) in [5, 5.41) is 7.40. The number of carbonyl (C=O) groups excluding carboxylic acids is 5. The van der Waals surface area contributed by atoms with Gasteiger partial charge in [-0.3, -0.25) is 24.0 Å². The number of aromatic nitrogens is 2. The number of ether oxygens (including phenoxy) is 5. The number of esters is 4. The Kier molecular flexibility index (Phi) is 8.48. The van der Waals surface area contributed by atoms with E-state index in [1.54, 1.807) is 0 Å². The number of nitrogens with one attached hydrogen (secondary N) is 2. The molecule has 1 aromatic carbocycles. The Morgan fingerprint density at radius 2 is 1.52 bits per heavy atom. The van der Waals surface area contributed by atoms with Crippen molar-refractivity contribution in [3.63, 3.8) is 0 Å². The second-order valence-electron chi connectivity index (χ2n) is 8.94. The third-order valence-corrected chi connectivity index (χ3v) is 5.80. The van der Waals surface area contributed by atoms with Gasteiger partial charge in [0, 0.05) is 44.7 Å². The van der Waals surface area contributed by atoms with E-state index in [0.717, 1.165) is 38.6 Å². The van der Waals surface area contributed by atoms with Crippen molar-refractivity contribution in [3.8, 4) is 11.4 Å². The molecule has 0 aliphatic carbocycles. The average molecular weight is 558 g/mol. The summed E-state index contributed by atoms with van der Waals surface area (Å²) in [6.45, 7) is 4.02. The number of para-hydroxylation sites is 1. The Morgan fingerprint density at radius 1 is 0.875 bits per heavy atom. The van der Waals surface area contributed by atoms with Crippen LogP contribution in [0.2, 0.25) is 0 Å². The highest BCUT2D eigenvalue weighted by molar-refractivity contribution is 5.93. The molecule has 0 saturated carbocycles. The lowest BCUT2D eigenvalue weighted by molar-refractivity contribution is -0.255. The smallest absolute Gasteiger partial charge is 0.303 e. The van der Waals surface area contributed by atoms with E-state index in [1.807, 2.05) is 30.3 Å². The zero-order chi connectivity index (χ0) is 29.0. The molecule has 212 valence electrons. The van der Waals surface area contributed by atoms with E-state index in [1.165, 1.54) is 6.07 Å². The van der Waals surface area contributed by atoms with Crippen LogP contribution in [-0.4, -0.2) is 77.2 Å². The van der Waals surface area contributed by atoms with Crippen LogP contribution in [0, 0.1) is 0 Å². The van der Waals surface area contributed by atoms with E-state index in [-0.39, 0.29) is 5.76 Å². The molecular formula is C26H27N3O11. The number of nitrogens with zero attached hydrogens (tertiary/aromatic N) is 1. The van der Waals surface area contributed by atoms with Crippen LogP contribution in [0.15, 0.2) is 40.9 Å². The van der Waals surface area contributed by atoms with E-state index < -0.39 is 67.0 Å². The number of H-pyrrole nitrogens is 1. The third-order valence-electron chi connectivity index (χ3n) is 5.80. The fourth-order valence-corrected chi connectivity index (χ4v) is 4.27. The van der Waals surface area contributed by atoms with Gasteiger partial charge in [-0.15, -0.1) is 0 Å². The van der Waals surface area contributed by atoms with Crippen molar-refractivity contribution in [2.45, 2.75) is 58.3 Å². The van der Waals surface area contributed by atoms with Crippen molar-refractivity contribution in [1.82, 2.24) is 15.5 Å². The molecule has 1 amide bonds. The first-order valence-corrected chi connectivity index (χ1v) is 12.2. The summed E-state index contributed by atoms with van der Waals surface area (Å²) >= 11 is 0. The first-order valence-electron chi connectivity index (χ1n) is 12.2. The SMILES string of the molecule is CC(=O)OC[C@H]1O[C@@H](NC(=O)c2cc(-c3cc4ccccc4[nH]3)no2)[C@H](OC(C)=O)[C@@H](OC(C)=O)[C@@H]1OC(C)=O. The van der Waals surface area contributed by atoms with Crippen LogP contribution >= 0.6 is 0 Å². The molecule has 1 aliphatic rings. The number of aromatic amines is 1. The monoisotopic (exact) mass is 557 g/mol. The molecule has 1 fully saturated rings. The molecular weight excluding hydrogens is 530 g/mol. The fraction of sp³-hybridized carbons (Fsp3) is 0.385. The summed E-state index contributed by atoms with van der Waals surface area (Å²) in [7, 11) is 0. The van der Waals surface area contributed by atoms with Gasteiger partial charge in [-0.1, -0.05) is 23.4 Å². The van der Waals surface area contributed by atoms with Gasteiger partial charge in [0.2, 0.25) is 5.76 Å². The minimum Gasteiger partial charge on any atom is -0.463 e. The van der Waals surface area contributed by atoms with Crippen LogP contribution < -0.4 is 5.32 Å². The summed E-state index contributed by atoms with van der Waals surface area (Å²) in [6, 6.07) is 10.8. The maximum Gasteiger partial charge on any atom is 0.303 e. The predicted octanol–water partition coefficient (Wildman–Crippen LogP) is 1.64. The molecule has 14 nitrogen and oxygen atoms in total. The molecule has 2 N–H and O–H groups in total. The molecule has 14 heteroatoms. The number of fused-ring (bicyclic) bond motifs is 1. The lowest BCUT2D eigenvalue weighted by Gasteiger charge is -2.44. The topological polar surface area (TPSA) is 185 Å². The number of benzene rings is 1. The Labute approximate surface area is 227 Å². The molecule has 5 atom stereocenters. The van der Waals surface area contributed by atoms with Crippen LogP contribution in [-0.2, 0) is 42.9 Å². The van der Waals surface area contributed by atoms with Gasteiger partial charge in [0.1, 0.15) is 18.4 Å². The molecule has 2 aromatic heterocycles. The Bertz CT molecular complexity index is 1390. The number of carbonyl (C=O) groups is 5. The van der Waals surface area contributed by atoms with E-state index in [4.69, 9.17) is 28.2 Å². The van der Waals surface area contributed by atoms with Crippen LogP contribution in [0.4, 0.5) is 0 Å². The quantitative estimate of drug-likeness (QED) is 0.302. The van der Waals surface area contributed by atoms with Crippen molar-refractivity contribution in [2.75, 3.05) is 6.61 Å². The fourth-order valence-electron chi connectivity index (χ4n) is 4.27. The second kappa shape index (κ2) is 12.0. The van der Waals surface area contributed by atoms with Gasteiger partial charge >= 0.3 is 23.9 Å². The van der Waals surface area contributed by atoms with E-state index in [2.05, 4.69) is 15.5 Å². The number of hydrogen-bond donors (Lipinski definition) is 2. The summed E-state index contributed by atoms with van der Waals surface area (Å²) in [6.07, 6.45) is -6.90. The van der Waals surface area contributed by atoms with Crippen molar-refractivity contribution >= 4 is 40.7 Å². The highest BCUT2D eigenvalue weighted by atomic mass is 16.7. The normalized spacial score (nSPS) is 22.2. The van der Waals surface area contributed by atoms with Gasteiger partial charge < -0.3 is 38.5 Å². The van der Waals surface area contributed by atoms with E-state index >= 15 is 0 Å². The highest BCUT2D eigenvalue weighted by Gasteiger charge is 2.52.